The Morgan fingerprint density at radius 2 is 1.48 bits per heavy atom. The molecule has 3 aromatic carbocycles. The van der Waals surface area contributed by atoms with Gasteiger partial charge in [0.15, 0.2) is 11.5 Å². The van der Waals surface area contributed by atoms with Crippen LogP contribution in [-0.2, 0) is 0 Å². The minimum atomic E-state index is 0.359. The van der Waals surface area contributed by atoms with Crippen LogP contribution < -0.4 is 4.74 Å². The summed E-state index contributed by atoms with van der Waals surface area (Å²) in [5.74, 6) is 2.53. The predicted molar refractivity (Wildman–Crippen MR) is 130 cm³/mol. The lowest BCUT2D eigenvalue weighted by Crippen LogP contribution is -2.25. The molecule has 1 fully saturated rings. The molecule has 31 heavy (non-hydrogen) atoms. The van der Waals surface area contributed by atoms with E-state index >= 15 is 0 Å². The summed E-state index contributed by atoms with van der Waals surface area (Å²) >= 11 is 0. The van der Waals surface area contributed by atoms with Gasteiger partial charge in [0.05, 0.1) is 16.7 Å². The second kappa shape index (κ2) is 5.94. The van der Waals surface area contributed by atoms with E-state index in [1.54, 1.807) is 0 Å². The number of benzene rings is 3. The van der Waals surface area contributed by atoms with Gasteiger partial charge in [0.1, 0.15) is 0 Å². The molecule has 0 bridgehead atoms. The molecule has 0 N–H and O–H groups in total. The largest absolute Gasteiger partial charge is 0.453 e. The molecule has 1 saturated carbocycles. The number of rotatable bonds is 1. The van der Waals surface area contributed by atoms with Gasteiger partial charge < -0.3 is 9.30 Å². The Kier molecular flexibility index (Phi) is 3.64. The van der Waals surface area contributed by atoms with Crippen molar-refractivity contribution in [1.29, 1.82) is 0 Å². The number of aryl methyl sites for hydroxylation is 2. The molecule has 158 valence electrons. The Balaban J connectivity index is 1.61. The Morgan fingerprint density at radius 3 is 2.23 bits per heavy atom. The molecule has 1 aliphatic heterocycles. The standard InChI is InChI=1S/C29H31NO/c1-17-7-9-24-25(12-17)31-26-13-18(2)11-22-21-14-19(8-10-23(21)30(24)27(22)26)20-15-28(3,4)29(5,6)16-20/h7-14,20H,15-16H2,1-6H3. The Labute approximate surface area is 184 Å². The van der Waals surface area contributed by atoms with Crippen LogP contribution in [0.5, 0.6) is 11.5 Å². The van der Waals surface area contributed by atoms with Crippen molar-refractivity contribution in [3.05, 3.63) is 65.2 Å². The molecular formula is C29H31NO. The molecule has 2 heteroatoms. The van der Waals surface area contributed by atoms with Crippen molar-refractivity contribution in [2.24, 2.45) is 10.8 Å². The van der Waals surface area contributed by atoms with Gasteiger partial charge in [-0.3, -0.25) is 0 Å². The van der Waals surface area contributed by atoms with Crippen LogP contribution in [0.2, 0.25) is 0 Å². The average molecular weight is 410 g/mol. The van der Waals surface area contributed by atoms with Crippen LogP contribution in [0, 0.1) is 24.7 Å². The van der Waals surface area contributed by atoms with Gasteiger partial charge in [0.25, 0.3) is 0 Å². The van der Waals surface area contributed by atoms with Crippen molar-refractivity contribution in [1.82, 2.24) is 4.57 Å². The van der Waals surface area contributed by atoms with Crippen molar-refractivity contribution in [2.45, 2.75) is 60.3 Å². The molecule has 2 nitrogen and oxygen atoms in total. The second-order valence-electron chi connectivity index (χ2n) is 11.2. The van der Waals surface area contributed by atoms with Crippen molar-refractivity contribution in [2.75, 3.05) is 0 Å². The smallest absolute Gasteiger partial charge is 0.152 e. The van der Waals surface area contributed by atoms with Crippen LogP contribution in [-0.4, -0.2) is 4.57 Å². The van der Waals surface area contributed by atoms with Crippen LogP contribution in [0.25, 0.3) is 27.5 Å². The first-order valence-corrected chi connectivity index (χ1v) is 11.5. The SMILES string of the molecule is Cc1ccc2c(c1)Oc1cc(C)cc3c4cc(C5CC(C)(C)C(C)(C)C5)ccc4n-2c13. The molecule has 4 aromatic rings. The number of hydrogen-bond donors (Lipinski definition) is 0. The maximum Gasteiger partial charge on any atom is 0.152 e. The van der Waals surface area contributed by atoms with Gasteiger partial charge in [-0.25, -0.2) is 0 Å². The molecule has 0 amide bonds. The molecule has 2 aliphatic rings. The molecule has 0 saturated heterocycles. The fourth-order valence-electron chi connectivity index (χ4n) is 5.95. The Morgan fingerprint density at radius 1 is 0.774 bits per heavy atom. The number of aromatic nitrogens is 1. The lowest BCUT2D eigenvalue weighted by molar-refractivity contribution is 0.157. The lowest BCUT2D eigenvalue weighted by atomic mass is 9.71. The van der Waals surface area contributed by atoms with Crippen LogP contribution >= 0.6 is 0 Å². The highest BCUT2D eigenvalue weighted by Gasteiger charge is 2.46. The fourth-order valence-corrected chi connectivity index (χ4v) is 5.95. The van der Waals surface area contributed by atoms with Crippen LogP contribution in [0.15, 0.2) is 48.5 Å². The Hall–Kier alpha value is -2.74. The van der Waals surface area contributed by atoms with Crippen molar-refractivity contribution in [3.63, 3.8) is 0 Å². The van der Waals surface area contributed by atoms with E-state index in [-0.39, 0.29) is 0 Å². The summed E-state index contributed by atoms with van der Waals surface area (Å²) in [6.07, 6.45) is 2.50. The van der Waals surface area contributed by atoms with Crippen molar-refractivity contribution >= 4 is 21.8 Å². The highest BCUT2D eigenvalue weighted by Crippen LogP contribution is 2.58. The molecule has 1 aromatic heterocycles. The lowest BCUT2D eigenvalue weighted by Gasteiger charge is -2.34. The molecule has 1 aliphatic carbocycles. The minimum absolute atomic E-state index is 0.359. The van der Waals surface area contributed by atoms with E-state index in [1.807, 2.05) is 0 Å². The van der Waals surface area contributed by atoms with Gasteiger partial charge in [-0.2, -0.15) is 0 Å². The van der Waals surface area contributed by atoms with Gasteiger partial charge >= 0.3 is 0 Å². The number of ether oxygens (including phenoxy) is 1. The average Bonchev–Trinajstić information content (AvgIpc) is 3.12. The highest BCUT2D eigenvalue weighted by atomic mass is 16.5. The zero-order valence-corrected chi connectivity index (χ0v) is 19.5. The third kappa shape index (κ3) is 2.57. The molecule has 2 heterocycles. The van der Waals surface area contributed by atoms with Crippen LogP contribution in [0.3, 0.4) is 0 Å². The quantitative estimate of drug-likeness (QED) is 0.271. The molecule has 6 rings (SSSR count). The highest BCUT2D eigenvalue weighted by molar-refractivity contribution is 6.12. The second-order valence-corrected chi connectivity index (χ2v) is 11.2. The maximum atomic E-state index is 6.40. The molecule has 0 unspecified atom stereocenters. The fraction of sp³-hybridized carbons (Fsp3) is 0.379. The summed E-state index contributed by atoms with van der Waals surface area (Å²) in [4.78, 5) is 0. The molecule has 0 spiro atoms. The van der Waals surface area contributed by atoms with E-state index < -0.39 is 0 Å². The Bertz CT molecular complexity index is 1370. The summed E-state index contributed by atoms with van der Waals surface area (Å²) in [6, 6.07) is 18.2. The van der Waals surface area contributed by atoms with E-state index in [4.69, 9.17) is 4.74 Å². The molecule has 0 radical (unpaired) electrons. The summed E-state index contributed by atoms with van der Waals surface area (Å²) in [6.45, 7) is 14.0. The van der Waals surface area contributed by atoms with E-state index in [2.05, 4.69) is 94.6 Å². The predicted octanol–water partition coefficient (Wildman–Crippen LogP) is 8.44. The third-order valence-corrected chi connectivity index (χ3v) is 8.39. The monoisotopic (exact) mass is 409 g/mol. The minimum Gasteiger partial charge on any atom is -0.453 e. The first-order chi connectivity index (χ1) is 14.6. The van der Waals surface area contributed by atoms with Gasteiger partial charge in [-0.15, -0.1) is 0 Å². The van der Waals surface area contributed by atoms with Gasteiger partial charge in [-0.05, 0) is 96.5 Å². The van der Waals surface area contributed by atoms with Crippen molar-refractivity contribution in [3.8, 4) is 17.2 Å². The zero-order chi connectivity index (χ0) is 21.7. The topological polar surface area (TPSA) is 14.2 Å². The van der Waals surface area contributed by atoms with E-state index in [1.165, 1.54) is 51.3 Å². The zero-order valence-electron chi connectivity index (χ0n) is 19.5. The van der Waals surface area contributed by atoms with Crippen LogP contribution in [0.4, 0.5) is 0 Å². The van der Waals surface area contributed by atoms with Gasteiger partial charge in [0.2, 0.25) is 0 Å². The van der Waals surface area contributed by atoms with E-state index in [0.29, 0.717) is 16.7 Å². The van der Waals surface area contributed by atoms with Gasteiger partial charge in [-0.1, -0.05) is 39.8 Å². The molecule has 0 atom stereocenters. The van der Waals surface area contributed by atoms with Gasteiger partial charge in [0, 0.05) is 10.8 Å². The van der Waals surface area contributed by atoms with E-state index in [9.17, 15) is 0 Å². The summed E-state index contributed by atoms with van der Waals surface area (Å²) in [5.41, 5.74) is 8.27. The maximum absolute atomic E-state index is 6.40. The summed E-state index contributed by atoms with van der Waals surface area (Å²) < 4.78 is 8.81. The number of hydrogen-bond acceptors (Lipinski definition) is 1. The van der Waals surface area contributed by atoms with Crippen molar-refractivity contribution < 1.29 is 4.74 Å². The first kappa shape index (κ1) is 19.0. The van der Waals surface area contributed by atoms with E-state index in [0.717, 1.165) is 17.2 Å². The summed E-state index contributed by atoms with van der Waals surface area (Å²) in [7, 11) is 0. The molecular weight excluding hydrogens is 378 g/mol. The number of nitrogens with zero attached hydrogens (tertiary/aromatic N) is 1. The normalized spacial score (nSPS) is 19.0. The third-order valence-electron chi connectivity index (χ3n) is 8.39. The van der Waals surface area contributed by atoms with Crippen LogP contribution in [0.1, 0.15) is 63.1 Å². The number of fused-ring (bicyclic) bond motifs is 5. The first-order valence-electron chi connectivity index (χ1n) is 11.5. The summed E-state index contributed by atoms with van der Waals surface area (Å²) in [5, 5.41) is 2.64.